The SMILES string of the molecule is CC(NC(C(=O)O)C1CC1)C1CC2CCC1C2. The van der Waals surface area contributed by atoms with Crippen LogP contribution in [0.15, 0.2) is 0 Å². The lowest BCUT2D eigenvalue weighted by Crippen LogP contribution is -2.47. The summed E-state index contributed by atoms with van der Waals surface area (Å²) in [6.07, 6.45) is 7.70. The van der Waals surface area contributed by atoms with E-state index in [1.54, 1.807) is 0 Å². The number of rotatable bonds is 5. The Morgan fingerprint density at radius 1 is 1.24 bits per heavy atom. The molecule has 3 rings (SSSR count). The molecule has 3 heteroatoms. The molecule has 0 aromatic rings. The highest BCUT2D eigenvalue weighted by Gasteiger charge is 2.44. The second-order valence-corrected chi connectivity index (χ2v) is 6.45. The molecular formula is C14H23NO2. The third-order valence-electron chi connectivity index (χ3n) is 5.24. The number of hydrogen-bond donors (Lipinski definition) is 2. The van der Waals surface area contributed by atoms with Gasteiger partial charge in [0.2, 0.25) is 0 Å². The summed E-state index contributed by atoms with van der Waals surface area (Å²) in [4.78, 5) is 11.2. The molecule has 3 aliphatic carbocycles. The van der Waals surface area contributed by atoms with Gasteiger partial charge in [0, 0.05) is 6.04 Å². The predicted molar refractivity (Wildman–Crippen MR) is 65.7 cm³/mol. The van der Waals surface area contributed by atoms with E-state index in [1.165, 1.54) is 25.7 Å². The van der Waals surface area contributed by atoms with Gasteiger partial charge in [-0.15, -0.1) is 0 Å². The maximum absolute atomic E-state index is 11.2. The van der Waals surface area contributed by atoms with Crippen molar-refractivity contribution < 1.29 is 9.90 Å². The van der Waals surface area contributed by atoms with E-state index in [0.29, 0.717) is 12.0 Å². The van der Waals surface area contributed by atoms with Gasteiger partial charge in [0.15, 0.2) is 0 Å². The normalized spacial score (nSPS) is 39.2. The summed E-state index contributed by atoms with van der Waals surface area (Å²) in [6.45, 7) is 2.20. The molecule has 3 nitrogen and oxygen atoms in total. The molecule has 2 bridgehead atoms. The van der Waals surface area contributed by atoms with E-state index in [2.05, 4.69) is 12.2 Å². The molecule has 0 radical (unpaired) electrons. The minimum Gasteiger partial charge on any atom is -0.480 e. The first-order valence-electron chi connectivity index (χ1n) is 7.14. The van der Waals surface area contributed by atoms with Crippen molar-refractivity contribution in [1.29, 1.82) is 0 Å². The first-order chi connectivity index (χ1) is 8.15. The molecule has 3 aliphatic rings. The molecule has 0 aliphatic heterocycles. The first kappa shape index (κ1) is 11.5. The summed E-state index contributed by atoms with van der Waals surface area (Å²) in [5.74, 6) is 2.29. The van der Waals surface area contributed by atoms with Gasteiger partial charge in [0.25, 0.3) is 0 Å². The van der Waals surface area contributed by atoms with Crippen LogP contribution in [0.3, 0.4) is 0 Å². The molecule has 3 saturated carbocycles. The number of carboxylic acids is 1. The largest absolute Gasteiger partial charge is 0.480 e. The van der Waals surface area contributed by atoms with Crippen LogP contribution in [0.1, 0.15) is 45.4 Å². The van der Waals surface area contributed by atoms with E-state index < -0.39 is 5.97 Å². The van der Waals surface area contributed by atoms with E-state index in [4.69, 9.17) is 0 Å². The van der Waals surface area contributed by atoms with Gasteiger partial charge < -0.3 is 10.4 Å². The highest BCUT2D eigenvalue weighted by atomic mass is 16.4. The van der Waals surface area contributed by atoms with Crippen LogP contribution in [0, 0.1) is 23.7 Å². The molecule has 3 fully saturated rings. The zero-order valence-corrected chi connectivity index (χ0v) is 10.6. The van der Waals surface area contributed by atoms with Crippen molar-refractivity contribution in [3.05, 3.63) is 0 Å². The quantitative estimate of drug-likeness (QED) is 0.771. The second-order valence-electron chi connectivity index (χ2n) is 6.45. The topological polar surface area (TPSA) is 49.3 Å². The second kappa shape index (κ2) is 4.27. The molecule has 0 spiro atoms. The summed E-state index contributed by atoms with van der Waals surface area (Å²) >= 11 is 0. The molecule has 2 N–H and O–H groups in total. The molecule has 0 aromatic heterocycles. The van der Waals surface area contributed by atoms with Gasteiger partial charge in [-0.2, -0.15) is 0 Å². The van der Waals surface area contributed by atoms with Crippen molar-refractivity contribution in [2.45, 2.75) is 57.5 Å². The van der Waals surface area contributed by atoms with Crippen molar-refractivity contribution in [2.75, 3.05) is 0 Å². The van der Waals surface area contributed by atoms with Crippen molar-refractivity contribution in [2.24, 2.45) is 23.7 Å². The van der Waals surface area contributed by atoms with E-state index in [9.17, 15) is 9.90 Å². The van der Waals surface area contributed by atoms with Crippen LogP contribution in [-0.4, -0.2) is 23.2 Å². The van der Waals surface area contributed by atoms with Crippen LogP contribution in [0.5, 0.6) is 0 Å². The molecule has 0 aromatic carbocycles. The Kier molecular flexibility index (Phi) is 2.89. The predicted octanol–water partition coefficient (Wildman–Crippen LogP) is 2.26. The van der Waals surface area contributed by atoms with E-state index in [0.717, 1.165) is 30.6 Å². The molecule has 0 heterocycles. The number of carboxylic acid groups (broad SMARTS) is 1. The van der Waals surface area contributed by atoms with Crippen LogP contribution >= 0.6 is 0 Å². The number of fused-ring (bicyclic) bond motifs is 2. The Balaban J connectivity index is 1.58. The van der Waals surface area contributed by atoms with Crippen LogP contribution in [0.4, 0.5) is 0 Å². The molecule has 5 atom stereocenters. The summed E-state index contributed by atoms with van der Waals surface area (Å²) in [5.41, 5.74) is 0. The Labute approximate surface area is 103 Å². The van der Waals surface area contributed by atoms with Crippen molar-refractivity contribution in [1.82, 2.24) is 5.32 Å². The van der Waals surface area contributed by atoms with Crippen LogP contribution in [-0.2, 0) is 4.79 Å². The number of aliphatic carboxylic acids is 1. The Bertz CT molecular complexity index is 313. The standard InChI is InChI=1S/C14H23NO2/c1-8(12-7-9-2-3-11(12)6-9)15-13(14(16)17)10-4-5-10/h8-13,15H,2-7H2,1H3,(H,16,17). The van der Waals surface area contributed by atoms with Gasteiger partial charge in [-0.1, -0.05) is 6.42 Å². The maximum Gasteiger partial charge on any atom is 0.320 e. The summed E-state index contributed by atoms with van der Waals surface area (Å²) in [7, 11) is 0. The van der Waals surface area contributed by atoms with Crippen molar-refractivity contribution in [3.63, 3.8) is 0 Å². The van der Waals surface area contributed by atoms with Crippen LogP contribution in [0.2, 0.25) is 0 Å². The van der Waals surface area contributed by atoms with Gasteiger partial charge in [0.05, 0.1) is 0 Å². The number of nitrogens with one attached hydrogen (secondary N) is 1. The fraction of sp³-hybridized carbons (Fsp3) is 0.929. The average molecular weight is 237 g/mol. The lowest BCUT2D eigenvalue weighted by atomic mass is 9.83. The zero-order valence-electron chi connectivity index (χ0n) is 10.6. The van der Waals surface area contributed by atoms with Crippen LogP contribution in [0.25, 0.3) is 0 Å². The summed E-state index contributed by atoms with van der Waals surface area (Å²) in [5, 5.41) is 12.7. The zero-order chi connectivity index (χ0) is 12.0. The van der Waals surface area contributed by atoms with Gasteiger partial charge in [-0.05, 0) is 62.7 Å². The van der Waals surface area contributed by atoms with Gasteiger partial charge in [-0.3, -0.25) is 4.79 Å². The van der Waals surface area contributed by atoms with E-state index in [-0.39, 0.29) is 6.04 Å². The van der Waals surface area contributed by atoms with Crippen molar-refractivity contribution >= 4 is 5.97 Å². The Morgan fingerprint density at radius 2 is 2.00 bits per heavy atom. The maximum atomic E-state index is 11.2. The summed E-state index contributed by atoms with van der Waals surface area (Å²) < 4.78 is 0. The lowest BCUT2D eigenvalue weighted by Gasteiger charge is -2.30. The van der Waals surface area contributed by atoms with Gasteiger partial charge in [0.1, 0.15) is 6.04 Å². The third kappa shape index (κ3) is 2.22. The average Bonchev–Trinajstić information content (AvgIpc) is 2.90. The first-order valence-corrected chi connectivity index (χ1v) is 7.14. The molecule has 17 heavy (non-hydrogen) atoms. The molecule has 0 saturated heterocycles. The monoisotopic (exact) mass is 237 g/mol. The highest BCUT2D eigenvalue weighted by molar-refractivity contribution is 5.74. The van der Waals surface area contributed by atoms with Gasteiger partial charge >= 0.3 is 5.97 Å². The fourth-order valence-corrected chi connectivity index (χ4v) is 4.15. The lowest BCUT2D eigenvalue weighted by molar-refractivity contribution is -0.140. The van der Waals surface area contributed by atoms with Gasteiger partial charge in [-0.25, -0.2) is 0 Å². The molecule has 0 amide bonds. The molecule has 96 valence electrons. The number of hydrogen-bond acceptors (Lipinski definition) is 2. The minimum atomic E-state index is -0.650. The Morgan fingerprint density at radius 3 is 2.47 bits per heavy atom. The highest BCUT2D eigenvalue weighted by Crippen LogP contribution is 2.49. The number of carbonyl (C=O) groups is 1. The van der Waals surface area contributed by atoms with Crippen LogP contribution < -0.4 is 5.32 Å². The third-order valence-corrected chi connectivity index (χ3v) is 5.24. The Hall–Kier alpha value is -0.570. The fourth-order valence-electron chi connectivity index (χ4n) is 4.15. The smallest absolute Gasteiger partial charge is 0.320 e. The summed E-state index contributed by atoms with van der Waals surface area (Å²) in [6, 6.07) is 0.0936. The van der Waals surface area contributed by atoms with E-state index >= 15 is 0 Å². The molecular weight excluding hydrogens is 214 g/mol. The minimum absolute atomic E-state index is 0.288. The van der Waals surface area contributed by atoms with Crippen molar-refractivity contribution in [3.8, 4) is 0 Å². The molecule has 5 unspecified atom stereocenters. The van der Waals surface area contributed by atoms with E-state index in [1.807, 2.05) is 0 Å².